The highest BCUT2D eigenvalue weighted by Gasteiger charge is 2.16. The lowest BCUT2D eigenvalue weighted by molar-refractivity contribution is -0.384. The molecule has 2 N–H and O–H groups in total. The third kappa shape index (κ3) is 3.68. The number of nitrogens with zero attached hydrogens (tertiary/aromatic N) is 4. The van der Waals surface area contributed by atoms with Crippen molar-refractivity contribution in [3.05, 3.63) is 40.5 Å². The molecule has 2 heterocycles. The molecule has 0 atom stereocenters. The van der Waals surface area contributed by atoms with Crippen LogP contribution in [0.3, 0.4) is 0 Å². The SMILES string of the molecule is CCCNc1ccc([N+](=O)[O-])c(NCc2nccn2C)n1. The van der Waals surface area contributed by atoms with E-state index in [0.717, 1.165) is 18.8 Å². The summed E-state index contributed by atoms with van der Waals surface area (Å²) in [4.78, 5) is 19.0. The van der Waals surface area contributed by atoms with Crippen molar-refractivity contribution in [1.29, 1.82) is 0 Å². The topological polar surface area (TPSA) is 97.9 Å². The Kier molecular flexibility index (Phi) is 4.70. The second-order valence-corrected chi connectivity index (χ2v) is 4.56. The van der Waals surface area contributed by atoms with Crippen molar-refractivity contribution in [2.24, 2.45) is 7.05 Å². The fourth-order valence-corrected chi connectivity index (χ4v) is 1.81. The molecule has 0 aliphatic carbocycles. The lowest BCUT2D eigenvalue weighted by Gasteiger charge is -2.09. The smallest absolute Gasteiger partial charge is 0.311 e. The van der Waals surface area contributed by atoms with E-state index in [0.29, 0.717) is 12.4 Å². The number of rotatable bonds is 7. The number of aromatic nitrogens is 3. The molecule has 0 aliphatic heterocycles. The summed E-state index contributed by atoms with van der Waals surface area (Å²) in [7, 11) is 1.87. The minimum atomic E-state index is -0.447. The van der Waals surface area contributed by atoms with Crippen LogP contribution >= 0.6 is 0 Å². The van der Waals surface area contributed by atoms with E-state index in [2.05, 4.69) is 20.6 Å². The Morgan fingerprint density at radius 2 is 2.19 bits per heavy atom. The molecule has 0 amide bonds. The van der Waals surface area contributed by atoms with Gasteiger partial charge in [-0.05, 0) is 12.5 Å². The summed E-state index contributed by atoms with van der Waals surface area (Å²) in [5.41, 5.74) is -0.0498. The largest absolute Gasteiger partial charge is 0.370 e. The van der Waals surface area contributed by atoms with Gasteiger partial charge < -0.3 is 15.2 Å². The summed E-state index contributed by atoms with van der Waals surface area (Å²) in [5.74, 6) is 1.63. The Morgan fingerprint density at radius 1 is 1.38 bits per heavy atom. The van der Waals surface area contributed by atoms with Gasteiger partial charge in [-0.15, -0.1) is 0 Å². The minimum Gasteiger partial charge on any atom is -0.370 e. The molecule has 0 aliphatic rings. The van der Waals surface area contributed by atoms with Crippen molar-refractivity contribution < 1.29 is 4.92 Å². The van der Waals surface area contributed by atoms with Crippen LogP contribution in [0.1, 0.15) is 19.2 Å². The highest BCUT2D eigenvalue weighted by atomic mass is 16.6. The van der Waals surface area contributed by atoms with Crippen molar-refractivity contribution in [3.63, 3.8) is 0 Å². The van der Waals surface area contributed by atoms with Crippen molar-refractivity contribution in [2.75, 3.05) is 17.2 Å². The number of anilines is 2. The molecule has 0 saturated heterocycles. The molecule has 112 valence electrons. The van der Waals surface area contributed by atoms with Crippen LogP contribution in [0, 0.1) is 10.1 Å². The van der Waals surface area contributed by atoms with Gasteiger partial charge in [0.1, 0.15) is 11.6 Å². The summed E-state index contributed by atoms with van der Waals surface area (Å²) < 4.78 is 1.85. The van der Waals surface area contributed by atoms with Gasteiger partial charge in [0.25, 0.3) is 0 Å². The van der Waals surface area contributed by atoms with E-state index < -0.39 is 4.92 Å². The number of hydrogen-bond acceptors (Lipinski definition) is 6. The number of nitrogens with one attached hydrogen (secondary N) is 2. The third-order valence-corrected chi connectivity index (χ3v) is 2.96. The van der Waals surface area contributed by atoms with E-state index in [1.165, 1.54) is 6.07 Å². The van der Waals surface area contributed by atoms with Gasteiger partial charge in [-0.25, -0.2) is 9.97 Å². The average molecular weight is 290 g/mol. The Labute approximate surface area is 122 Å². The predicted octanol–water partition coefficient (Wildman–Crippen LogP) is 2.16. The second-order valence-electron chi connectivity index (χ2n) is 4.56. The van der Waals surface area contributed by atoms with E-state index in [1.54, 1.807) is 12.3 Å². The van der Waals surface area contributed by atoms with E-state index >= 15 is 0 Å². The second kappa shape index (κ2) is 6.69. The lowest BCUT2D eigenvalue weighted by Crippen LogP contribution is -2.10. The zero-order valence-corrected chi connectivity index (χ0v) is 12.0. The molecule has 0 radical (unpaired) electrons. The van der Waals surface area contributed by atoms with Crippen LogP contribution in [-0.2, 0) is 13.6 Å². The Bertz CT molecular complexity index is 625. The van der Waals surface area contributed by atoms with Gasteiger partial charge in [0, 0.05) is 32.1 Å². The van der Waals surface area contributed by atoms with Gasteiger partial charge in [0.05, 0.1) is 11.5 Å². The molecule has 0 unspecified atom stereocenters. The maximum atomic E-state index is 11.1. The molecule has 8 nitrogen and oxygen atoms in total. The maximum Gasteiger partial charge on any atom is 0.311 e. The van der Waals surface area contributed by atoms with Crippen LogP contribution in [0.5, 0.6) is 0 Å². The van der Waals surface area contributed by atoms with Gasteiger partial charge in [0.2, 0.25) is 5.82 Å². The van der Waals surface area contributed by atoms with Gasteiger partial charge in [-0.1, -0.05) is 6.92 Å². The molecule has 0 spiro atoms. The average Bonchev–Trinajstić information content (AvgIpc) is 2.88. The first-order chi connectivity index (χ1) is 10.1. The molecule has 0 fully saturated rings. The van der Waals surface area contributed by atoms with Gasteiger partial charge in [-0.3, -0.25) is 10.1 Å². The van der Waals surface area contributed by atoms with E-state index in [1.807, 2.05) is 24.7 Å². The molecule has 2 rings (SSSR count). The Balaban J connectivity index is 2.17. The molecule has 2 aromatic heterocycles. The zero-order chi connectivity index (χ0) is 15.2. The maximum absolute atomic E-state index is 11.1. The fourth-order valence-electron chi connectivity index (χ4n) is 1.81. The number of hydrogen-bond donors (Lipinski definition) is 2. The Morgan fingerprint density at radius 3 is 2.81 bits per heavy atom. The Hall–Kier alpha value is -2.64. The molecule has 2 aromatic rings. The summed E-state index contributed by atoms with van der Waals surface area (Å²) in [6.45, 7) is 3.18. The van der Waals surface area contributed by atoms with Crippen LogP contribution in [0.2, 0.25) is 0 Å². The normalized spacial score (nSPS) is 10.4. The summed E-state index contributed by atoms with van der Waals surface area (Å²) in [5, 5.41) is 17.1. The molecule has 0 saturated carbocycles. The van der Waals surface area contributed by atoms with Gasteiger partial charge in [-0.2, -0.15) is 0 Å². The zero-order valence-electron chi connectivity index (χ0n) is 12.0. The van der Waals surface area contributed by atoms with E-state index in [4.69, 9.17) is 0 Å². The van der Waals surface area contributed by atoms with Crippen molar-refractivity contribution in [3.8, 4) is 0 Å². The van der Waals surface area contributed by atoms with Crippen LogP contribution in [0.4, 0.5) is 17.3 Å². The van der Waals surface area contributed by atoms with Crippen LogP contribution in [-0.4, -0.2) is 26.0 Å². The number of aryl methyl sites for hydroxylation is 1. The monoisotopic (exact) mass is 290 g/mol. The van der Waals surface area contributed by atoms with Crippen molar-refractivity contribution >= 4 is 17.3 Å². The summed E-state index contributed by atoms with van der Waals surface area (Å²) >= 11 is 0. The molecule has 0 bridgehead atoms. The summed E-state index contributed by atoms with van der Waals surface area (Å²) in [6.07, 6.45) is 4.45. The summed E-state index contributed by atoms with van der Waals surface area (Å²) in [6, 6.07) is 3.06. The van der Waals surface area contributed by atoms with Gasteiger partial charge in [0.15, 0.2) is 0 Å². The fraction of sp³-hybridized carbons (Fsp3) is 0.385. The molecule has 0 aromatic carbocycles. The lowest BCUT2D eigenvalue weighted by atomic mass is 10.3. The molecular formula is C13H18N6O2. The van der Waals surface area contributed by atoms with Crippen LogP contribution in [0.25, 0.3) is 0 Å². The number of imidazole rings is 1. The van der Waals surface area contributed by atoms with Crippen molar-refractivity contribution in [1.82, 2.24) is 14.5 Å². The number of pyridine rings is 1. The van der Waals surface area contributed by atoms with Crippen LogP contribution < -0.4 is 10.6 Å². The molecular weight excluding hydrogens is 272 g/mol. The minimum absolute atomic E-state index is 0.0498. The van der Waals surface area contributed by atoms with E-state index in [-0.39, 0.29) is 11.5 Å². The number of nitro groups is 1. The third-order valence-electron chi connectivity index (χ3n) is 2.96. The highest BCUT2D eigenvalue weighted by Crippen LogP contribution is 2.24. The standard InChI is InChI=1S/C13H18N6O2/c1-3-6-14-11-5-4-10(19(20)21)13(17-11)16-9-12-15-7-8-18(12)2/h4-5,7-8H,3,6,9H2,1-2H3,(H2,14,16,17). The predicted molar refractivity (Wildman–Crippen MR) is 80.2 cm³/mol. The highest BCUT2D eigenvalue weighted by molar-refractivity contribution is 5.60. The quantitative estimate of drug-likeness (QED) is 0.599. The molecule has 21 heavy (non-hydrogen) atoms. The first-order valence-electron chi connectivity index (χ1n) is 6.71. The van der Waals surface area contributed by atoms with Gasteiger partial charge >= 0.3 is 5.69 Å². The van der Waals surface area contributed by atoms with Crippen LogP contribution in [0.15, 0.2) is 24.5 Å². The molecule has 8 heteroatoms. The van der Waals surface area contributed by atoms with E-state index in [9.17, 15) is 10.1 Å². The van der Waals surface area contributed by atoms with Crippen molar-refractivity contribution in [2.45, 2.75) is 19.9 Å². The first-order valence-corrected chi connectivity index (χ1v) is 6.71. The first kappa shape index (κ1) is 14.8.